The number of alkyl halides is 2. The van der Waals surface area contributed by atoms with Gasteiger partial charge in [0.25, 0.3) is 0 Å². The Kier molecular flexibility index (Phi) is 2.22. The van der Waals surface area contributed by atoms with Gasteiger partial charge in [-0.2, -0.15) is 24.2 Å². The van der Waals surface area contributed by atoms with Gasteiger partial charge in [-0.25, -0.2) is 0 Å². The number of aromatic amines is 1. The van der Waals surface area contributed by atoms with E-state index in [1.54, 1.807) is 0 Å². The van der Waals surface area contributed by atoms with E-state index in [1.165, 1.54) is 0 Å². The molecule has 1 unspecified atom stereocenters. The van der Waals surface area contributed by atoms with Crippen LogP contribution in [0.15, 0.2) is 0 Å². The first-order valence-electron chi connectivity index (χ1n) is 4.66. The van der Waals surface area contributed by atoms with Gasteiger partial charge in [-0.15, -0.1) is 0 Å². The summed E-state index contributed by atoms with van der Waals surface area (Å²) in [5.41, 5.74) is 5.50. The zero-order valence-corrected chi connectivity index (χ0v) is 7.63. The number of nitrogens with one attached hydrogen (secondary N) is 1. The topological polar surface area (TPSA) is 67.6 Å². The predicted octanol–water partition coefficient (Wildman–Crippen LogP) is 0.950. The summed E-state index contributed by atoms with van der Waals surface area (Å²) in [6.07, 6.45) is 2.43. The summed E-state index contributed by atoms with van der Waals surface area (Å²) in [6.45, 7) is 0. The lowest BCUT2D eigenvalue weighted by atomic mass is 9.94. The minimum absolute atomic E-state index is 0.273. The Morgan fingerprint density at radius 3 is 2.93 bits per heavy atom. The summed E-state index contributed by atoms with van der Waals surface area (Å²) in [4.78, 5) is 0. The van der Waals surface area contributed by atoms with E-state index in [1.807, 2.05) is 0 Å². The molecule has 0 spiro atoms. The molecule has 1 aromatic rings. The first kappa shape index (κ1) is 9.51. The molecule has 3 N–H and O–H groups in total. The van der Waals surface area contributed by atoms with Gasteiger partial charge in [-0.1, -0.05) is 6.42 Å². The average molecular weight is 202 g/mol. The maximum atomic E-state index is 13.6. The fourth-order valence-electron chi connectivity index (χ4n) is 1.71. The van der Waals surface area contributed by atoms with E-state index in [-0.39, 0.29) is 5.69 Å². The van der Waals surface area contributed by atoms with E-state index >= 15 is 0 Å². The number of fused-ring (bicyclic) bond motifs is 1. The predicted molar refractivity (Wildman–Crippen MR) is 45.8 cm³/mol. The largest absolute Gasteiger partial charge is 0.322 e. The van der Waals surface area contributed by atoms with Gasteiger partial charge in [-0.3, -0.25) is 0 Å². The molecule has 0 bridgehead atoms. The van der Waals surface area contributed by atoms with Crippen LogP contribution in [0.5, 0.6) is 0 Å². The summed E-state index contributed by atoms with van der Waals surface area (Å²) in [7, 11) is 0. The summed E-state index contributed by atoms with van der Waals surface area (Å²) >= 11 is 0. The second kappa shape index (κ2) is 3.27. The highest BCUT2D eigenvalue weighted by molar-refractivity contribution is 5.18. The smallest absolute Gasteiger partial charge is 0.308 e. The lowest BCUT2D eigenvalue weighted by Crippen LogP contribution is -2.40. The van der Waals surface area contributed by atoms with E-state index in [9.17, 15) is 8.78 Å². The van der Waals surface area contributed by atoms with Crippen LogP contribution in [-0.2, 0) is 12.3 Å². The van der Waals surface area contributed by atoms with Crippen molar-refractivity contribution in [2.75, 3.05) is 0 Å². The maximum Gasteiger partial charge on any atom is 0.308 e. The number of nitrogens with zero attached hydrogens (tertiary/aromatic N) is 2. The fraction of sp³-hybridized carbons (Fsp3) is 0.750. The van der Waals surface area contributed by atoms with Crippen LogP contribution in [0.4, 0.5) is 8.78 Å². The number of rotatable bonds is 0. The van der Waals surface area contributed by atoms with Crippen molar-refractivity contribution in [3.8, 4) is 0 Å². The van der Waals surface area contributed by atoms with Crippen LogP contribution in [0.25, 0.3) is 0 Å². The van der Waals surface area contributed by atoms with Crippen LogP contribution in [0.3, 0.4) is 0 Å². The zero-order valence-electron chi connectivity index (χ0n) is 7.63. The van der Waals surface area contributed by atoms with Crippen LogP contribution in [-0.4, -0.2) is 21.5 Å². The lowest BCUT2D eigenvalue weighted by Gasteiger charge is -2.24. The van der Waals surface area contributed by atoms with Crippen LogP contribution in [0, 0.1) is 0 Å². The quantitative estimate of drug-likeness (QED) is 0.658. The van der Waals surface area contributed by atoms with Crippen molar-refractivity contribution < 1.29 is 8.78 Å². The van der Waals surface area contributed by atoms with Gasteiger partial charge in [0.15, 0.2) is 5.69 Å². The highest BCUT2D eigenvalue weighted by atomic mass is 19.3. The zero-order chi connectivity index (χ0) is 10.2. The number of hydrogen-bond donors (Lipinski definition) is 2. The average Bonchev–Trinajstić information content (AvgIpc) is 2.58. The minimum atomic E-state index is -3.05. The third-order valence-electron chi connectivity index (χ3n) is 2.58. The first-order valence-corrected chi connectivity index (χ1v) is 4.66. The van der Waals surface area contributed by atoms with Crippen molar-refractivity contribution >= 4 is 0 Å². The van der Waals surface area contributed by atoms with Crippen molar-refractivity contribution in [3.63, 3.8) is 0 Å². The molecule has 0 radical (unpaired) electrons. The first-order chi connectivity index (χ1) is 6.62. The molecule has 78 valence electrons. The van der Waals surface area contributed by atoms with Crippen molar-refractivity contribution in [3.05, 3.63) is 11.4 Å². The molecule has 2 rings (SSSR count). The molecule has 1 aromatic heterocycles. The van der Waals surface area contributed by atoms with Gasteiger partial charge < -0.3 is 5.73 Å². The van der Waals surface area contributed by atoms with Crippen LogP contribution < -0.4 is 5.73 Å². The summed E-state index contributed by atoms with van der Waals surface area (Å²) in [6, 6.07) is -1.15. The van der Waals surface area contributed by atoms with E-state index in [2.05, 4.69) is 15.4 Å². The molecule has 1 atom stereocenters. The molecule has 0 fully saturated rings. The summed E-state index contributed by atoms with van der Waals surface area (Å²) < 4.78 is 27.2. The Labute approximate surface area is 79.9 Å². The Morgan fingerprint density at radius 1 is 1.36 bits per heavy atom. The second-order valence-electron chi connectivity index (χ2n) is 3.59. The monoisotopic (exact) mass is 202 g/mol. The van der Waals surface area contributed by atoms with E-state index in [0.717, 1.165) is 6.42 Å². The third-order valence-corrected chi connectivity index (χ3v) is 2.58. The second-order valence-corrected chi connectivity index (χ2v) is 3.59. The molecule has 4 nitrogen and oxygen atoms in total. The van der Waals surface area contributed by atoms with Gasteiger partial charge >= 0.3 is 5.92 Å². The molecule has 14 heavy (non-hydrogen) atoms. The molecule has 0 amide bonds. The fourth-order valence-corrected chi connectivity index (χ4v) is 1.71. The molecule has 6 heteroatoms. The van der Waals surface area contributed by atoms with Gasteiger partial charge in [0, 0.05) is 0 Å². The maximum absolute atomic E-state index is 13.6. The number of hydrogen-bond acceptors (Lipinski definition) is 3. The molecular weight excluding hydrogens is 190 g/mol. The molecule has 1 heterocycles. The standard InChI is InChI=1S/C8H12F2N4/c9-8(10)6(11)4-2-1-3-5-7(8)13-14-12-5/h6H,1-4,11H2,(H,12,13,14). The van der Waals surface area contributed by atoms with Gasteiger partial charge in [0.1, 0.15) is 0 Å². The Morgan fingerprint density at radius 2 is 2.14 bits per heavy atom. The van der Waals surface area contributed by atoms with E-state index in [4.69, 9.17) is 5.73 Å². The molecule has 1 aliphatic carbocycles. The number of aromatic nitrogens is 3. The van der Waals surface area contributed by atoms with Crippen molar-refractivity contribution in [1.82, 2.24) is 15.4 Å². The third kappa shape index (κ3) is 1.39. The van der Waals surface area contributed by atoms with E-state index in [0.29, 0.717) is 25.0 Å². The molecule has 0 aliphatic heterocycles. The lowest BCUT2D eigenvalue weighted by molar-refractivity contribution is -0.0406. The van der Waals surface area contributed by atoms with Crippen LogP contribution in [0.1, 0.15) is 30.7 Å². The van der Waals surface area contributed by atoms with E-state index < -0.39 is 12.0 Å². The minimum Gasteiger partial charge on any atom is -0.322 e. The number of H-pyrrole nitrogens is 1. The van der Waals surface area contributed by atoms with Crippen molar-refractivity contribution in [1.29, 1.82) is 0 Å². The number of halogens is 2. The Bertz CT molecular complexity index is 323. The van der Waals surface area contributed by atoms with Gasteiger partial charge in [-0.05, 0) is 19.3 Å². The molecule has 1 aliphatic rings. The molecule has 0 saturated carbocycles. The highest BCUT2D eigenvalue weighted by Gasteiger charge is 2.44. The molecule has 0 aromatic carbocycles. The normalized spacial score (nSPS) is 26.4. The Hall–Kier alpha value is -1.04. The summed E-state index contributed by atoms with van der Waals surface area (Å²) in [5.74, 6) is -3.05. The van der Waals surface area contributed by atoms with Crippen molar-refractivity contribution in [2.24, 2.45) is 5.73 Å². The van der Waals surface area contributed by atoms with Crippen molar-refractivity contribution in [2.45, 2.75) is 37.6 Å². The summed E-state index contributed by atoms with van der Waals surface area (Å²) in [5, 5.41) is 9.45. The highest BCUT2D eigenvalue weighted by Crippen LogP contribution is 2.35. The molecule has 0 saturated heterocycles. The number of aryl methyl sites for hydroxylation is 1. The number of nitrogens with two attached hydrogens (primary N) is 1. The van der Waals surface area contributed by atoms with Gasteiger partial charge in [0.2, 0.25) is 0 Å². The Balaban J connectivity index is 2.41. The van der Waals surface area contributed by atoms with Gasteiger partial charge in [0.05, 0.1) is 11.7 Å². The van der Waals surface area contributed by atoms with Crippen LogP contribution in [0.2, 0.25) is 0 Å². The molecular formula is C8H12F2N4. The van der Waals surface area contributed by atoms with Crippen LogP contribution >= 0.6 is 0 Å². The SMILES string of the molecule is NC1CCCCc2n[nH]nc2C1(F)F.